The highest BCUT2D eigenvalue weighted by atomic mass is 32.2. The Kier molecular flexibility index (Phi) is 9.64. The topological polar surface area (TPSA) is 134 Å². The Morgan fingerprint density at radius 3 is 2.03 bits per heavy atom. The number of hydrogen-bond acceptors (Lipinski definition) is 7. The Morgan fingerprint density at radius 1 is 0.909 bits per heavy atom. The summed E-state index contributed by atoms with van der Waals surface area (Å²) in [6.45, 7) is 3.13. The van der Waals surface area contributed by atoms with Gasteiger partial charge in [-0.25, -0.2) is 18.0 Å². The van der Waals surface area contributed by atoms with Gasteiger partial charge in [-0.2, -0.15) is 4.31 Å². The first-order chi connectivity index (χ1) is 15.7. The number of carboxylic acid groups (broad SMARTS) is 2. The summed E-state index contributed by atoms with van der Waals surface area (Å²) in [4.78, 5) is 20.4. The molecule has 1 aliphatic rings. The maximum Gasteiger partial charge on any atom is 0.414 e. The van der Waals surface area contributed by atoms with Crippen LogP contribution in [-0.4, -0.2) is 80.2 Å². The van der Waals surface area contributed by atoms with Gasteiger partial charge in [0, 0.05) is 44.4 Å². The second kappa shape index (κ2) is 12.2. The molecule has 3 rings (SSSR count). The first-order valence-corrected chi connectivity index (χ1v) is 11.7. The van der Waals surface area contributed by atoms with E-state index in [0.29, 0.717) is 26.2 Å². The van der Waals surface area contributed by atoms with Gasteiger partial charge in [0.05, 0.1) is 20.0 Å². The van der Waals surface area contributed by atoms with E-state index in [1.807, 2.05) is 48.5 Å². The van der Waals surface area contributed by atoms with Gasteiger partial charge < -0.3 is 19.7 Å². The summed E-state index contributed by atoms with van der Waals surface area (Å²) in [5, 5.41) is 14.8. The minimum atomic E-state index is -3.29. The SMILES string of the molecule is COc1ccc(CN2CCN(S(=O)(=O)Cc3ccccc3)CC2)c(OC)c1.O=C(O)C(=O)O. The third-order valence-corrected chi connectivity index (χ3v) is 6.84. The van der Waals surface area contributed by atoms with Crippen LogP contribution in [0.2, 0.25) is 0 Å². The number of benzene rings is 2. The number of carboxylic acids is 2. The third kappa shape index (κ3) is 8.04. The molecular weight excluding hydrogens is 452 g/mol. The molecule has 0 unspecified atom stereocenters. The maximum absolute atomic E-state index is 12.7. The van der Waals surface area contributed by atoms with Crippen molar-refractivity contribution in [2.24, 2.45) is 0 Å². The van der Waals surface area contributed by atoms with Gasteiger partial charge in [-0.1, -0.05) is 36.4 Å². The molecule has 0 aromatic heterocycles. The normalized spacial score (nSPS) is 14.6. The van der Waals surface area contributed by atoms with Crippen LogP contribution in [0.1, 0.15) is 11.1 Å². The summed E-state index contributed by atoms with van der Waals surface area (Å²) < 4.78 is 37.6. The number of sulfonamides is 1. The molecule has 0 saturated carbocycles. The summed E-state index contributed by atoms with van der Waals surface area (Å²) in [7, 11) is -0.0153. The Bertz CT molecular complexity index is 1020. The van der Waals surface area contributed by atoms with E-state index in [1.54, 1.807) is 18.5 Å². The number of hydrogen-bond donors (Lipinski definition) is 2. The van der Waals surface area contributed by atoms with Crippen molar-refractivity contribution in [3.63, 3.8) is 0 Å². The minimum Gasteiger partial charge on any atom is -0.497 e. The molecular formula is C22H28N2O8S. The molecule has 2 aromatic carbocycles. The molecule has 0 atom stereocenters. The first kappa shape index (κ1) is 26.1. The Balaban J connectivity index is 0.000000569. The van der Waals surface area contributed by atoms with Gasteiger partial charge in [-0.3, -0.25) is 4.90 Å². The van der Waals surface area contributed by atoms with Crippen molar-refractivity contribution in [3.8, 4) is 11.5 Å². The Labute approximate surface area is 193 Å². The predicted molar refractivity (Wildman–Crippen MR) is 121 cm³/mol. The molecule has 0 radical (unpaired) electrons. The molecule has 0 aliphatic carbocycles. The van der Waals surface area contributed by atoms with Crippen LogP contribution in [0.15, 0.2) is 48.5 Å². The Morgan fingerprint density at radius 2 is 1.52 bits per heavy atom. The molecule has 1 aliphatic heterocycles. The molecule has 2 N–H and O–H groups in total. The van der Waals surface area contributed by atoms with Crippen LogP contribution >= 0.6 is 0 Å². The van der Waals surface area contributed by atoms with Crippen LogP contribution in [0.4, 0.5) is 0 Å². The lowest BCUT2D eigenvalue weighted by Crippen LogP contribution is -2.48. The van der Waals surface area contributed by atoms with Gasteiger partial charge >= 0.3 is 11.9 Å². The molecule has 0 bridgehead atoms. The van der Waals surface area contributed by atoms with Crippen LogP contribution in [0, 0.1) is 0 Å². The fourth-order valence-corrected chi connectivity index (χ4v) is 4.78. The zero-order valence-electron chi connectivity index (χ0n) is 18.5. The average molecular weight is 481 g/mol. The van der Waals surface area contributed by atoms with E-state index in [0.717, 1.165) is 29.2 Å². The second-order valence-corrected chi connectivity index (χ2v) is 9.17. The first-order valence-electron chi connectivity index (χ1n) is 10.1. The quantitative estimate of drug-likeness (QED) is 0.566. The lowest BCUT2D eigenvalue weighted by molar-refractivity contribution is -0.159. The minimum absolute atomic E-state index is 0.0557. The number of aliphatic carboxylic acids is 2. The van der Waals surface area contributed by atoms with Gasteiger partial charge in [0.2, 0.25) is 10.0 Å². The third-order valence-electron chi connectivity index (χ3n) is 4.99. The lowest BCUT2D eigenvalue weighted by Gasteiger charge is -2.34. The van der Waals surface area contributed by atoms with E-state index >= 15 is 0 Å². The van der Waals surface area contributed by atoms with Crippen LogP contribution in [-0.2, 0) is 31.9 Å². The van der Waals surface area contributed by atoms with Crippen LogP contribution in [0.5, 0.6) is 11.5 Å². The summed E-state index contributed by atoms with van der Waals surface area (Å²) in [6.07, 6.45) is 0. The largest absolute Gasteiger partial charge is 0.497 e. The standard InChI is InChI=1S/C20H26N2O4S.C2H2O4/c1-25-19-9-8-18(20(14-19)26-2)15-21-10-12-22(13-11-21)27(23,24)16-17-6-4-3-5-7-17;3-1(4)2(5)6/h3-9,14H,10-13,15-16H2,1-2H3;(H,3,4)(H,5,6). The van der Waals surface area contributed by atoms with E-state index in [9.17, 15) is 8.42 Å². The van der Waals surface area contributed by atoms with E-state index < -0.39 is 22.0 Å². The van der Waals surface area contributed by atoms with E-state index in [-0.39, 0.29) is 5.75 Å². The zero-order chi connectivity index (χ0) is 24.4. The average Bonchev–Trinajstić information content (AvgIpc) is 2.80. The molecule has 11 heteroatoms. The van der Waals surface area contributed by atoms with Gasteiger partial charge in [0.1, 0.15) is 11.5 Å². The predicted octanol–water partition coefficient (Wildman–Crippen LogP) is 1.51. The molecule has 0 amide bonds. The number of carbonyl (C=O) groups is 2. The summed E-state index contributed by atoms with van der Waals surface area (Å²) >= 11 is 0. The van der Waals surface area contributed by atoms with Crippen LogP contribution in [0.25, 0.3) is 0 Å². The highest BCUT2D eigenvalue weighted by Gasteiger charge is 2.27. The summed E-state index contributed by atoms with van der Waals surface area (Å²) in [6, 6.07) is 15.1. The van der Waals surface area contributed by atoms with Crippen molar-refractivity contribution in [3.05, 3.63) is 59.7 Å². The van der Waals surface area contributed by atoms with Gasteiger partial charge in [-0.05, 0) is 11.6 Å². The number of piperazine rings is 1. The fraction of sp³-hybridized carbons (Fsp3) is 0.364. The molecule has 1 fully saturated rings. The molecule has 1 saturated heterocycles. The summed E-state index contributed by atoms with van der Waals surface area (Å²) in [5.74, 6) is -2.05. The van der Waals surface area contributed by atoms with Crippen LogP contribution < -0.4 is 9.47 Å². The van der Waals surface area contributed by atoms with Crippen LogP contribution in [0.3, 0.4) is 0 Å². The molecule has 1 heterocycles. The number of nitrogens with zero attached hydrogens (tertiary/aromatic N) is 2. The monoisotopic (exact) mass is 480 g/mol. The van der Waals surface area contributed by atoms with Crippen molar-refractivity contribution >= 4 is 22.0 Å². The van der Waals surface area contributed by atoms with E-state index in [1.165, 1.54) is 0 Å². The number of ether oxygens (including phenoxy) is 2. The second-order valence-electron chi connectivity index (χ2n) is 7.21. The Hall–Kier alpha value is -3.15. The molecule has 2 aromatic rings. The highest BCUT2D eigenvalue weighted by Crippen LogP contribution is 2.26. The molecule has 180 valence electrons. The van der Waals surface area contributed by atoms with Gasteiger partial charge in [-0.15, -0.1) is 0 Å². The van der Waals surface area contributed by atoms with Crippen molar-refractivity contribution < 1.29 is 37.7 Å². The number of rotatable bonds is 7. The van der Waals surface area contributed by atoms with E-state index in [2.05, 4.69) is 4.90 Å². The molecule has 33 heavy (non-hydrogen) atoms. The zero-order valence-corrected chi connectivity index (χ0v) is 19.3. The van der Waals surface area contributed by atoms with Crippen molar-refractivity contribution in [2.75, 3.05) is 40.4 Å². The fourth-order valence-electron chi connectivity index (χ4n) is 3.27. The smallest absolute Gasteiger partial charge is 0.414 e. The summed E-state index contributed by atoms with van der Waals surface area (Å²) in [5.41, 5.74) is 1.89. The molecule has 0 spiro atoms. The van der Waals surface area contributed by atoms with Gasteiger partial charge in [0.15, 0.2) is 0 Å². The van der Waals surface area contributed by atoms with Crippen molar-refractivity contribution in [2.45, 2.75) is 12.3 Å². The molecule has 10 nitrogen and oxygen atoms in total. The maximum atomic E-state index is 12.7. The van der Waals surface area contributed by atoms with Crippen molar-refractivity contribution in [1.29, 1.82) is 0 Å². The van der Waals surface area contributed by atoms with E-state index in [4.69, 9.17) is 29.3 Å². The highest BCUT2D eigenvalue weighted by molar-refractivity contribution is 7.88. The van der Waals surface area contributed by atoms with Gasteiger partial charge in [0.25, 0.3) is 0 Å². The number of methoxy groups -OCH3 is 2. The lowest BCUT2D eigenvalue weighted by atomic mass is 10.1. The van der Waals surface area contributed by atoms with Crippen molar-refractivity contribution in [1.82, 2.24) is 9.21 Å².